The smallest absolute Gasteiger partial charge is 0.267 e. The molecule has 1 aliphatic carbocycles. The predicted molar refractivity (Wildman–Crippen MR) is 99.3 cm³/mol. The molecule has 0 aliphatic heterocycles. The van der Waals surface area contributed by atoms with Crippen LogP contribution in [-0.2, 0) is 24.2 Å². The van der Waals surface area contributed by atoms with Crippen molar-refractivity contribution in [1.29, 1.82) is 0 Å². The highest BCUT2D eigenvalue weighted by Crippen LogP contribution is 2.17. The minimum absolute atomic E-state index is 0.104. The van der Waals surface area contributed by atoms with Gasteiger partial charge in [0.05, 0.1) is 11.7 Å². The lowest BCUT2D eigenvalue weighted by atomic mass is 10.1. The Morgan fingerprint density at radius 2 is 2.07 bits per heavy atom. The molecule has 1 atom stereocenters. The van der Waals surface area contributed by atoms with Crippen molar-refractivity contribution in [1.82, 2.24) is 29.7 Å². The van der Waals surface area contributed by atoms with Gasteiger partial charge in [-0.3, -0.25) is 14.0 Å². The van der Waals surface area contributed by atoms with Crippen LogP contribution in [0.4, 0.5) is 0 Å². The van der Waals surface area contributed by atoms with E-state index in [-0.39, 0.29) is 24.1 Å². The minimum Gasteiger partial charge on any atom is -0.345 e. The second kappa shape index (κ2) is 7.30. The number of nitrogens with zero attached hydrogens (tertiary/aromatic N) is 5. The Labute approximate surface area is 156 Å². The number of nitrogens with one attached hydrogen (secondary N) is 1. The molecule has 27 heavy (non-hydrogen) atoms. The quantitative estimate of drug-likeness (QED) is 0.705. The van der Waals surface area contributed by atoms with E-state index in [1.807, 2.05) is 35.7 Å². The Kier molecular flexibility index (Phi) is 4.70. The fourth-order valence-corrected chi connectivity index (χ4v) is 3.53. The fourth-order valence-electron chi connectivity index (χ4n) is 3.53. The monoisotopic (exact) mass is 366 g/mol. The van der Waals surface area contributed by atoms with Crippen LogP contribution in [0.3, 0.4) is 0 Å². The Morgan fingerprint density at radius 3 is 2.96 bits per heavy atom. The molecule has 0 saturated heterocycles. The molecule has 0 fully saturated rings. The van der Waals surface area contributed by atoms with E-state index in [1.54, 1.807) is 6.07 Å². The predicted octanol–water partition coefficient (Wildman–Crippen LogP) is 1.43. The highest BCUT2D eigenvalue weighted by molar-refractivity contribution is 5.76. The Bertz CT molecular complexity index is 1040. The summed E-state index contributed by atoms with van der Waals surface area (Å²) in [5.74, 6) is 0.361. The van der Waals surface area contributed by atoms with Crippen molar-refractivity contribution in [3.05, 3.63) is 57.9 Å². The van der Waals surface area contributed by atoms with E-state index < -0.39 is 0 Å². The number of fused-ring (bicyclic) bond motifs is 2. The van der Waals surface area contributed by atoms with Crippen molar-refractivity contribution in [3.8, 4) is 0 Å². The Balaban J connectivity index is 1.49. The van der Waals surface area contributed by atoms with E-state index in [4.69, 9.17) is 0 Å². The Hall–Kier alpha value is -3.03. The minimum atomic E-state index is -0.341. The van der Waals surface area contributed by atoms with E-state index in [0.29, 0.717) is 5.82 Å². The molecule has 0 spiro atoms. The van der Waals surface area contributed by atoms with Crippen molar-refractivity contribution in [2.24, 2.45) is 0 Å². The van der Waals surface area contributed by atoms with Crippen LogP contribution in [0.15, 0.2) is 35.3 Å². The largest absolute Gasteiger partial charge is 0.345 e. The average Bonchev–Trinajstić information content (AvgIpc) is 2.96. The Morgan fingerprint density at radius 1 is 1.22 bits per heavy atom. The molecule has 0 aromatic carbocycles. The van der Waals surface area contributed by atoms with E-state index in [0.717, 1.165) is 49.0 Å². The highest BCUT2D eigenvalue weighted by atomic mass is 16.2. The highest BCUT2D eigenvalue weighted by Gasteiger charge is 2.18. The van der Waals surface area contributed by atoms with Gasteiger partial charge >= 0.3 is 0 Å². The van der Waals surface area contributed by atoms with Crippen LogP contribution in [0.1, 0.15) is 49.3 Å². The van der Waals surface area contributed by atoms with Gasteiger partial charge in [0, 0.05) is 12.3 Å². The number of carbonyl (C=O) groups excluding carboxylic acids is 1. The molecule has 0 bridgehead atoms. The van der Waals surface area contributed by atoms with E-state index in [1.165, 1.54) is 4.68 Å². The number of hydrogen-bond donors (Lipinski definition) is 1. The van der Waals surface area contributed by atoms with Crippen LogP contribution in [-0.4, -0.2) is 30.3 Å². The van der Waals surface area contributed by atoms with Crippen LogP contribution < -0.4 is 10.9 Å². The number of amides is 1. The lowest BCUT2D eigenvalue weighted by Crippen LogP contribution is -2.36. The average molecular weight is 366 g/mol. The van der Waals surface area contributed by atoms with E-state index >= 15 is 0 Å². The second-order valence-corrected chi connectivity index (χ2v) is 6.95. The van der Waals surface area contributed by atoms with Gasteiger partial charge < -0.3 is 5.32 Å². The van der Waals surface area contributed by atoms with Gasteiger partial charge in [-0.25, -0.2) is 4.68 Å². The summed E-state index contributed by atoms with van der Waals surface area (Å²) in [4.78, 5) is 24.8. The van der Waals surface area contributed by atoms with Crippen LogP contribution in [0, 0.1) is 0 Å². The maximum absolute atomic E-state index is 12.5. The zero-order chi connectivity index (χ0) is 18.8. The number of carbonyl (C=O) groups is 1. The van der Waals surface area contributed by atoms with Crippen molar-refractivity contribution in [3.63, 3.8) is 0 Å². The number of hydrogen-bond acceptors (Lipinski definition) is 5. The summed E-state index contributed by atoms with van der Waals surface area (Å²) in [6.07, 6.45) is 6.91. The number of aryl methyl sites for hydroxylation is 2. The summed E-state index contributed by atoms with van der Waals surface area (Å²) in [5.41, 5.74) is 2.46. The maximum atomic E-state index is 12.5. The summed E-state index contributed by atoms with van der Waals surface area (Å²) in [6, 6.07) is 6.91. The fraction of sp³-hybridized carbons (Fsp3) is 0.421. The van der Waals surface area contributed by atoms with Gasteiger partial charge in [0.2, 0.25) is 5.91 Å². The zero-order valence-electron chi connectivity index (χ0n) is 15.3. The van der Waals surface area contributed by atoms with Crippen LogP contribution >= 0.6 is 0 Å². The van der Waals surface area contributed by atoms with Crippen molar-refractivity contribution in [2.75, 3.05) is 0 Å². The van der Waals surface area contributed by atoms with Gasteiger partial charge in [-0.2, -0.15) is 5.10 Å². The first-order chi connectivity index (χ1) is 13.1. The van der Waals surface area contributed by atoms with Gasteiger partial charge in [0.25, 0.3) is 5.56 Å². The molecule has 140 valence electrons. The molecule has 1 amide bonds. The van der Waals surface area contributed by atoms with Crippen molar-refractivity contribution < 1.29 is 4.79 Å². The van der Waals surface area contributed by atoms with Crippen molar-refractivity contribution >= 4 is 11.6 Å². The van der Waals surface area contributed by atoms with Gasteiger partial charge in [0.1, 0.15) is 6.54 Å². The summed E-state index contributed by atoms with van der Waals surface area (Å²) in [7, 11) is 0. The molecule has 0 saturated carbocycles. The zero-order valence-corrected chi connectivity index (χ0v) is 15.3. The standard InChI is InChI=1S/C19H22N6O2/c1-13(19-22-21-16-9-5-6-10-24(16)19)20-17(26)12-25-18(27)11-14-7-3-2-4-8-15(14)23-25/h5-6,9-11,13H,2-4,7-8,12H2,1H3,(H,20,26). The number of rotatable bonds is 4. The molecular formula is C19H22N6O2. The molecule has 0 radical (unpaired) electrons. The molecule has 8 nitrogen and oxygen atoms in total. The van der Waals surface area contributed by atoms with Gasteiger partial charge in [-0.05, 0) is 50.3 Å². The third-order valence-electron chi connectivity index (χ3n) is 4.92. The molecule has 8 heteroatoms. The first-order valence-electron chi connectivity index (χ1n) is 9.31. The van der Waals surface area contributed by atoms with Crippen molar-refractivity contribution in [2.45, 2.75) is 51.6 Å². The molecular weight excluding hydrogens is 344 g/mol. The lowest BCUT2D eigenvalue weighted by molar-refractivity contribution is -0.122. The van der Waals surface area contributed by atoms with Crippen LogP contribution in [0.5, 0.6) is 0 Å². The third-order valence-corrected chi connectivity index (χ3v) is 4.92. The first-order valence-corrected chi connectivity index (χ1v) is 9.31. The van der Waals surface area contributed by atoms with Gasteiger partial charge in [0.15, 0.2) is 11.5 Å². The molecule has 4 rings (SSSR count). The summed E-state index contributed by atoms with van der Waals surface area (Å²) >= 11 is 0. The normalized spacial score (nSPS) is 15.1. The topological polar surface area (TPSA) is 94.2 Å². The molecule has 1 aliphatic rings. The summed E-state index contributed by atoms with van der Waals surface area (Å²) in [6.45, 7) is 1.74. The molecule has 1 N–H and O–H groups in total. The molecule has 1 unspecified atom stereocenters. The maximum Gasteiger partial charge on any atom is 0.267 e. The molecule has 3 heterocycles. The van der Waals surface area contributed by atoms with Crippen LogP contribution in [0.2, 0.25) is 0 Å². The van der Waals surface area contributed by atoms with Gasteiger partial charge in [-0.1, -0.05) is 12.5 Å². The summed E-state index contributed by atoms with van der Waals surface area (Å²) in [5, 5.41) is 15.6. The third kappa shape index (κ3) is 3.60. The molecule has 3 aromatic heterocycles. The number of aromatic nitrogens is 5. The number of pyridine rings is 1. The summed E-state index contributed by atoms with van der Waals surface area (Å²) < 4.78 is 3.09. The van der Waals surface area contributed by atoms with E-state index in [2.05, 4.69) is 20.6 Å². The SMILES string of the molecule is CC(NC(=O)Cn1nc2c(cc1=O)CCCCC2)c1nnc2ccccn12. The molecule has 3 aromatic rings. The van der Waals surface area contributed by atoms with E-state index in [9.17, 15) is 9.59 Å². The van der Waals surface area contributed by atoms with Gasteiger partial charge in [-0.15, -0.1) is 10.2 Å². The lowest BCUT2D eigenvalue weighted by Gasteiger charge is -2.14. The second-order valence-electron chi connectivity index (χ2n) is 6.95. The van der Waals surface area contributed by atoms with Crippen LogP contribution in [0.25, 0.3) is 5.65 Å². The first kappa shape index (κ1) is 17.4.